The van der Waals surface area contributed by atoms with Gasteiger partial charge in [0.05, 0.1) is 4.90 Å². The SMILES string of the molecule is C[C@@H]1Cc2ccccc2N1C(=O)c1cccc(S(=O)(=O)N2CCCCC2)c1. The Hall–Kier alpha value is -2.18. The molecule has 0 spiro atoms. The highest BCUT2D eigenvalue weighted by atomic mass is 32.2. The van der Waals surface area contributed by atoms with Crippen LogP contribution in [0.1, 0.15) is 42.1 Å². The van der Waals surface area contributed by atoms with E-state index >= 15 is 0 Å². The second-order valence-corrected chi connectivity index (χ2v) is 9.29. The van der Waals surface area contributed by atoms with Crippen LogP contribution in [-0.2, 0) is 16.4 Å². The van der Waals surface area contributed by atoms with Crippen LogP contribution < -0.4 is 4.90 Å². The summed E-state index contributed by atoms with van der Waals surface area (Å²) in [5, 5.41) is 0. The molecule has 4 rings (SSSR count). The first-order valence-corrected chi connectivity index (χ1v) is 10.9. The number of carbonyl (C=O) groups excluding carboxylic acids is 1. The minimum absolute atomic E-state index is 0.0530. The zero-order chi connectivity index (χ0) is 19.0. The smallest absolute Gasteiger partial charge is 0.258 e. The highest BCUT2D eigenvalue weighted by Crippen LogP contribution is 2.33. The van der Waals surface area contributed by atoms with Crippen molar-refractivity contribution in [3.8, 4) is 0 Å². The molecule has 2 aliphatic heterocycles. The average molecular weight is 385 g/mol. The third kappa shape index (κ3) is 3.28. The third-order valence-electron chi connectivity index (χ3n) is 5.46. The number of carbonyl (C=O) groups is 1. The number of sulfonamides is 1. The van der Waals surface area contributed by atoms with Crippen LogP contribution in [0.4, 0.5) is 5.69 Å². The summed E-state index contributed by atoms with van der Waals surface area (Å²) in [5.41, 5.74) is 2.48. The predicted molar refractivity (Wildman–Crippen MR) is 105 cm³/mol. The first-order valence-electron chi connectivity index (χ1n) is 9.50. The number of piperidine rings is 1. The van der Waals surface area contributed by atoms with Gasteiger partial charge in [-0.2, -0.15) is 4.31 Å². The van der Waals surface area contributed by atoms with Crippen LogP contribution in [0.15, 0.2) is 53.4 Å². The van der Waals surface area contributed by atoms with Crippen LogP contribution in [0.25, 0.3) is 0 Å². The number of nitrogens with zero attached hydrogens (tertiary/aromatic N) is 2. The molecule has 1 amide bonds. The Kier molecular flexibility index (Phi) is 4.78. The van der Waals surface area contributed by atoms with Gasteiger partial charge in [-0.1, -0.05) is 30.7 Å². The van der Waals surface area contributed by atoms with Gasteiger partial charge in [0.15, 0.2) is 0 Å². The topological polar surface area (TPSA) is 57.7 Å². The Morgan fingerprint density at radius 2 is 1.74 bits per heavy atom. The van der Waals surface area contributed by atoms with Crippen molar-refractivity contribution in [2.24, 2.45) is 0 Å². The van der Waals surface area contributed by atoms with Crippen molar-refractivity contribution in [3.63, 3.8) is 0 Å². The van der Waals surface area contributed by atoms with Gasteiger partial charge in [-0.05, 0) is 56.0 Å². The summed E-state index contributed by atoms with van der Waals surface area (Å²) in [6.45, 7) is 3.13. The Labute approximate surface area is 160 Å². The summed E-state index contributed by atoms with van der Waals surface area (Å²) in [4.78, 5) is 15.2. The van der Waals surface area contributed by atoms with Gasteiger partial charge in [0, 0.05) is 30.4 Å². The van der Waals surface area contributed by atoms with E-state index in [0.717, 1.165) is 36.9 Å². The highest BCUT2D eigenvalue weighted by molar-refractivity contribution is 7.89. The molecular weight excluding hydrogens is 360 g/mol. The fourth-order valence-electron chi connectivity index (χ4n) is 4.06. The molecule has 0 bridgehead atoms. The first kappa shape index (κ1) is 18.2. The third-order valence-corrected chi connectivity index (χ3v) is 7.35. The summed E-state index contributed by atoms with van der Waals surface area (Å²) in [5.74, 6) is -0.150. The van der Waals surface area contributed by atoms with Crippen molar-refractivity contribution < 1.29 is 13.2 Å². The molecule has 2 heterocycles. The van der Waals surface area contributed by atoms with Crippen LogP contribution >= 0.6 is 0 Å². The van der Waals surface area contributed by atoms with Gasteiger partial charge in [-0.25, -0.2) is 8.42 Å². The first-order chi connectivity index (χ1) is 13.0. The average Bonchev–Trinajstić information content (AvgIpc) is 3.04. The molecule has 27 heavy (non-hydrogen) atoms. The second kappa shape index (κ2) is 7.09. The minimum Gasteiger partial charge on any atom is -0.305 e. The lowest BCUT2D eigenvalue weighted by Crippen LogP contribution is -2.37. The molecule has 2 aliphatic rings. The number of fused-ring (bicyclic) bond motifs is 1. The molecule has 0 aromatic heterocycles. The zero-order valence-corrected chi connectivity index (χ0v) is 16.3. The molecule has 0 saturated carbocycles. The molecule has 142 valence electrons. The van der Waals surface area contributed by atoms with Crippen LogP contribution in [0.5, 0.6) is 0 Å². The molecule has 0 N–H and O–H groups in total. The van der Waals surface area contributed by atoms with Crippen LogP contribution in [-0.4, -0.2) is 37.8 Å². The van der Waals surface area contributed by atoms with Crippen molar-refractivity contribution in [2.75, 3.05) is 18.0 Å². The molecule has 0 radical (unpaired) electrons. The molecule has 0 unspecified atom stereocenters. The largest absolute Gasteiger partial charge is 0.305 e. The van der Waals surface area contributed by atoms with E-state index in [1.165, 1.54) is 10.4 Å². The van der Waals surface area contributed by atoms with E-state index in [4.69, 9.17) is 0 Å². The highest BCUT2D eigenvalue weighted by Gasteiger charge is 2.32. The number of amides is 1. The van der Waals surface area contributed by atoms with Gasteiger partial charge in [0.1, 0.15) is 0 Å². The summed E-state index contributed by atoms with van der Waals surface area (Å²) >= 11 is 0. The number of anilines is 1. The molecule has 0 aliphatic carbocycles. The van der Waals surface area contributed by atoms with Gasteiger partial charge in [-0.15, -0.1) is 0 Å². The maximum absolute atomic E-state index is 13.2. The van der Waals surface area contributed by atoms with Crippen molar-refractivity contribution in [2.45, 2.75) is 43.5 Å². The van der Waals surface area contributed by atoms with E-state index in [1.807, 2.05) is 31.2 Å². The van der Waals surface area contributed by atoms with Crippen molar-refractivity contribution >= 4 is 21.6 Å². The maximum atomic E-state index is 13.2. The summed E-state index contributed by atoms with van der Waals surface area (Å²) < 4.78 is 27.4. The van der Waals surface area contributed by atoms with Crippen molar-refractivity contribution in [3.05, 3.63) is 59.7 Å². The van der Waals surface area contributed by atoms with Crippen LogP contribution in [0.2, 0.25) is 0 Å². The molecule has 5 nitrogen and oxygen atoms in total. The lowest BCUT2D eigenvalue weighted by molar-refractivity contribution is 0.0981. The number of hydrogen-bond acceptors (Lipinski definition) is 3. The summed E-state index contributed by atoms with van der Waals surface area (Å²) in [6.07, 6.45) is 3.66. The molecule has 1 fully saturated rings. The molecule has 1 atom stereocenters. The number of hydrogen-bond donors (Lipinski definition) is 0. The van der Waals surface area contributed by atoms with Gasteiger partial charge < -0.3 is 4.90 Å². The molecule has 2 aromatic carbocycles. The van der Waals surface area contributed by atoms with Gasteiger partial charge in [0.25, 0.3) is 5.91 Å². The maximum Gasteiger partial charge on any atom is 0.258 e. The predicted octanol–water partition coefficient (Wildman–Crippen LogP) is 3.45. The van der Waals surface area contributed by atoms with E-state index in [2.05, 4.69) is 0 Å². The Morgan fingerprint density at radius 1 is 1.00 bits per heavy atom. The molecule has 2 aromatic rings. The molecule has 6 heteroatoms. The number of rotatable bonds is 3. The van der Waals surface area contributed by atoms with E-state index < -0.39 is 10.0 Å². The van der Waals surface area contributed by atoms with E-state index in [0.29, 0.717) is 18.7 Å². The number of para-hydroxylation sites is 1. The normalized spacial score (nSPS) is 20.5. The Morgan fingerprint density at radius 3 is 2.52 bits per heavy atom. The van der Waals surface area contributed by atoms with Crippen molar-refractivity contribution in [1.29, 1.82) is 0 Å². The second-order valence-electron chi connectivity index (χ2n) is 7.35. The fourth-order valence-corrected chi connectivity index (χ4v) is 5.62. The van der Waals surface area contributed by atoms with Crippen LogP contribution in [0.3, 0.4) is 0 Å². The van der Waals surface area contributed by atoms with Crippen LogP contribution in [0, 0.1) is 0 Å². The standard InChI is InChI=1S/C21H24N2O3S/c1-16-14-17-8-3-4-11-20(17)23(16)21(24)18-9-7-10-19(15-18)27(25,26)22-12-5-2-6-13-22/h3-4,7-11,15-16H,2,5-6,12-14H2,1H3/t16-/m1/s1. The zero-order valence-electron chi connectivity index (χ0n) is 15.5. The molecular formula is C21H24N2O3S. The minimum atomic E-state index is -3.55. The lowest BCUT2D eigenvalue weighted by atomic mass is 10.1. The van der Waals surface area contributed by atoms with Gasteiger partial charge in [0.2, 0.25) is 10.0 Å². The summed E-state index contributed by atoms with van der Waals surface area (Å²) in [7, 11) is -3.55. The van der Waals surface area contributed by atoms with Crippen molar-refractivity contribution in [1.82, 2.24) is 4.31 Å². The van der Waals surface area contributed by atoms with Gasteiger partial charge >= 0.3 is 0 Å². The fraction of sp³-hybridized carbons (Fsp3) is 0.381. The monoisotopic (exact) mass is 384 g/mol. The lowest BCUT2D eigenvalue weighted by Gasteiger charge is -2.26. The van der Waals surface area contributed by atoms with Gasteiger partial charge in [-0.3, -0.25) is 4.79 Å². The van der Waals surface area contributed by atoms with E-state index in [1.54, 1.807) is 23.1 Å². The number of benzene rings is 2. The Balaban J connectivity index is 1.66. The van der Waals surface area contributed by atoms with E-state index in [-0.39, 0.29) is 16.8 Å². The summed E-state index contributed by atoms with van der Waals surface area (Å²) in [6, 6.07) is 14.4. The Bertz CT molecular complexity index is 965. The molecule has 1 saturated heterocycles. The van der Waals surface area contributed by atoms with E-state index in [9.17, 15) is 13.2 Å². The quantitative estimate of drug-likeness (QED) is 0.814.